The Morgan fingerprint density at radius 3 is 2.65 bits per heavy atom. The number of hydrogen-bond donors (Lipinski definition) is 0. The highest BCUT2D eigenvalue weighted by atomic mass is 32.1. The minimum absolute atomic E-state index is 0.259. The standard InChI is InChI=1S/C17H18N2O3S/c1-4-22-11(2)16(20)14(9-18)17-19-15(10-23-17)12-5-7-13(21-3)8-6-12/h5-8,10-11,14H,4H2,1-3H3/t11-,14+/m1/s1. The topological polar surface area (TPSA) is 72.2 Å². The van der Waals surface area contributed by atoms with E-state index < -0.39 is 12.0 Å². The fourth-order valence-corrected chi connectivity index (χ4v) is 3.00. The lowest BCUT2D eigenvalue weighted by Crippen LogP contribution is -2.26. The minimum atomic E-state index is -0.895. The lowest BCUT2D eigenvalue weighted by Gasteiger charge is -2.12. The number of nitriles is 1. The van der Waals surface area contributed by atoms with Crippen molar-refractivity contribution in [2.24, 2.45) is 0 Å². The second-order valence-corrected chi connectivity index (χ2v) is 5.75. The third-order valence-corrected chi connectivity index (χ3v) is 4.30. The first-order chi connectivity index (χ1) is 11.1. The molecule has 0 radical (unpaired) electrons. The Morgan fingerprint density at radius 2 is 2.09 bits per heavy atom. The Hall–Kier alpha value is -2.23. The first-order valence-electron chi connectivity index (χ1n) is 7.25. The Labute approximate surface area is 139 Å². The molecule has 0 saturated heterocycles. The number of carbonyl (C=O) groups excluding carboxylic acids is 1. The SMILES string of the molecule is CCO[C@H](C)C(=O)[C@H](C#N)c1nc(-c2ccc(OC)cc2)cs1. The van der Waals surface area contributed by atoms with Crippen molar-refractivity contribution in [1.29, 1.82) is 5.26 Å². The maximum Gasteiger partial charge on any atom is 0.185 e. The molecule has 0 bridgehead atoms. The fraction of sp³-hybridized carbons (Fsp3) is 0.353. The molecule has 0 aliphatic carbocycles. The average Bonchev–Trinajstić information content (AvgIpc) is 3.05. The molecule has 120 valence electrons. The maximum absolute atomic E-state index is 12.3. The lowest BCUT2D eigenvalue weighted by atomic mass is 10.0. The number of benzene rings is 1. The third-order valence-electron chi connectivity index (χ3n) is 3.39. The highest BCUT2D eigenvalue weighted by Crippen LogP contribution is 2.28. The Kier molecular flexibility index (Phi) is 5.85. The van der Waals surface area contributed by atoms with Crippen LogP contribution in [0.5, 0.6) is 5.75 Å². The van der Waals surface area contributed by atoms with Gasteiger partial charge in [-0.25, -0.2) is 4.98 Å². The molecule has 2 atom stereocenters. The summed E-state index contributed by atoms with van der Waals surface area (Å²) in [5.41, 5.74) is 1.65. The zero-order chi connectivity index (χ0) is 16.8. The maximum atomic E-state index is 12.3. The van der Waals surface area contributed by atoms with E-state index in [1.54, 1.807) is 14.0 Å². The van der Waals surface area contributed by atoms with Crippen molar-refractivity contribution < 1.29 is 14.3 Å². The monoisotopic (exact) mass is 330 g/mol. The van der Waals surface area contributed by atoms with Gasteiger partial charge < -0.3 is 9.47 Å². The highest BCUT2D eigenvalue weighted by Gasteiger charge is 2.28. The van der Waals surface area contributed by atoms with Crippen molar-refractivity contribution >= 4 is 17.1 Å². The molecule has 1 heterocycles. The van der Waals surface area contributed by atoms with Crippen LogP contribution in [0, 0.1) is 11.3 Å². The molecule has 0 aliphatic heterocycles. The first-order valence-corrected chi connectivity index (χ1v) is 8.13. The van der Waals surface area contributed by atoms with Crippen LogP contribution in [0.2, 0.25) is 0 Å². The van der Waals surface area contributed by atoms with E-state index in [1.165, 1.54) is 11.3 Å². The van der Waals surface area contributed by atoms with Crippen LogP contribution < -0.4 is 4.74 Å². The van der Waals surface area contributed by atoms with Crippen molar-refractivity contribution in [3.8, 4) is 23.1 Å². The first kappa shape index (κ1) is 17.1. The van der Waals surface area contributed by atoms with Gasteiger partial charge in [0.2, 0.25) is 0 Å². The van der Waals surface area contributed by atoms with E-state index in [1.807, 2.05) is 42.6 Å². The Bertz CT molecular complexity index is 703. The van der Waals surface area contributed by atoms with Gasteiger partial charge in [-0.2, -0.15) is 5.26 Å². The van der Waals surface area contributed by atoms with Gasteiger partial charge in [-0.05, 0) is 38.1 Å². The summed E-state index contributed by atoms with van der Waals surface area (Å²) in [6, 6.07) is 9.52. The van der Waals surface area contributed by atoms with Crippen LogP contribution in [0.1, 0.15) is 24.8 Å². The second kappa shape index (κ2) is 7.86. The number of ketones is 1. The molecule has 1 aromatic heterocycles. The number of carbonyl (C=O) groups is 1. The molecular formula is C17H18N2O3S. The van der Waals surface area contributed by atoms with E-state index in [0.717, 1.165) is 17.0 Å². The highest BCUT2D eigenvalue weighted by molar-refractivity contribution is 7.10. The summed E-state index contributed by atoms with van der Waals surface area (Å²) in [6.07, 6.45) is -0.613. The van der Waals surface area contributed by atoms with Gasteiger partial charge in [-0.3, -0.25) is 4.79 Å². The van der Waals surface area contributed by atoms with E-state index in [-0.39, 0.29) is 5.78 Å². The molecule has 0 spiro atoms. The van der Waals surface area contributed by atoms with Gasteiger partial charge >= 0.3 is 0 Å². The van der Waals surface area contributed by atoms with Crippen LogP contribution in [0.15, 0.2) is 29.6 Å². The number of hydrogen-bond acceptors (Lipinski definition) is 6. The second-order valence-electron chi connectivity index (χ2n) is 4.86. The Morgan fingerprint density at radius 1 is 1.39 bits per heavy atom. The zero-order valence-electron chi connectivity index (χ0n) is 13.3. The van der Waals surface area contributed by atoms with Crippen molar-refractivity contribution in [3.63, 3.8) is 0 Å². The molecule has 0 unspecified atom stereocenters. The van der Waals surface area contributed by atoms with Crippen molar-refractivity contribution in [1.82, 2.24) is 4.98 Å². The number of methoxy groups -OCH3 is 1. The molecule has 6 heteroatoms. The smallest absolute Gasteiger partial charge is 0.185 e. The average molecular weight is 330 g/mol. The van der Waals surface area contributed by atoms with Crippen LogP contribution in [-0.2, 0) is 9.53 Å². The zero-order valence-corrected chi connectivity index (χ0v) is 14.1. The number of rotatable bonds is 7. The summed E-state index contributed by atoms with van der Waals surface area (Å²) in [6.45, 7) is 3.91. The largest absolute Gasteiger partial charge is 0.497 e. The molecule has 2 rings (SSSR count). The molecule has 0 saturated carbocycles. The molecule has 0 N–H and O–H groups in total. The van der Waals surface area contributed by atoms with Gasteiger partial charge in [0.25, 0.3) is 0 Å². The van der Waals surface area contributed by atoms with Crippen LogP contribution in [0.25, 0.3) is 11.3 Å². The third kappa shape index (κ3) is 3.95. The summed E-state index contributed by atoms with van der Waals surface area (Å²) >= 11 is 1.31. The van der Waals surface area contributed by atoms with Gasteiger partial charge in [-0.1, -0.05) is 0 Å². The lowest BCUT2D eigenvalue weighted by molar-refractivity contribution is -0.129. The minimum Gasteiger partial charge on any atom is -0.497 e. The predicted molar refractivity (Wildman–Crippen MR) is 88.6 cm³/mol. The van der Waals surface area contributed by atoms with Crippen LogP contribution >= 0.6 is 11.3 Å². The quantitative estimate of drug-likeness (QED) is 0.778. The molecule has 0 amide bonds. The van der Waals surface area contributed by atoms with E-state index in [0.29, 0.717) is 11.6 Å². The van der Waals surface area contributed by atoms with E-state index in [2.05, 4.69) is 4.98 Å². The van der Waals surface area contributed by atoms with Gasteiger partial charge in [0.15, 0.2) is 11.7 Å². The summed E-state index contributed by atoms with van der Waals surface area (Å²) in [4.78, 5) is 16.7. The van der Waals surface area contributed by atoms with E-state index in [4.69, 9.17) is 9.47 Å². The molecule has 0 aliphatic rings. The van der Waals surface area contributed by atoms with Crippen LogP contribution in [0.4, 0.5) is 0 Å². The normalized spacial score (nSPS) is 13.1. The van der Waals surface area contributed by atoms with Gasteiger partial charge in [0.05, 0.1) is 18.9 Å². The Balaban J connectivity index is 2.22. The van der Waals surface area contributed by atoms with Crippen LogP contribution in [0.3, 0.4) is 0 Å². The molecule has 23 heavy (non-hydrogen) atoms. The predicted octanol–water partition coefficient (Wildman–Crippen LogP) is 3.42. The number of nitrogens with zero attached hydrogens (tertiary/aromatic N) is 2. The molecular weight excluding hydrogens is 312 g/mol. The summed E-state index contributed by atoms with van der Waals surface area (Å²) in [5.74, 6) is -0.390. The summed E-state index contributed by atoms with van der Waals surface area (Å²) in [7, 11) is 1.61. The number of aromatic nitrogens is 1. The van der Waals surface area contributed by atoms with Crippen molar-refractivity contribution in [2.75, 3.05) is 13.7 Å². The van der Waals surface area contributed by atoms with Gasteiger partial charge in [0, 0.05) is 17.6 Å². The van der Waals surface area contributed by atoms with E-state index in [9.17, 15) is 10.1 Å². The van der Waals surface area contributed by atoms with Gasteiger partial charge in [-0.15, -0.1) is 11.3 Å². The van der Waals surface area contributed by atoms with Crippen molar-refractivity contribution in [3.05, 3.63) is 34.7 Å². The molecule has 2 aromatic rings. The number of thiazole rings is 1. The molecule has 0 fully saturated rings. The number of Topliss-reactive ketones (excluding diaryl/α,β-unsaturated/α-hetero) is 1. The van der Waals surface area contributed by atoms with E-state index >= 15 is 0 Å². The fourth-order valence-electron chi connectivity index (χ4n) is 2.12. The van der Waals surface area contributed by atoms with Gasteiger partial charge in [0.1, 0.15) is 16.9 Å². The summed E-state index contributed by atoms with van der Waals surface area (Å²) < 4.78 is 10.4. The molecule has 1 aromatic carbocycles. The van der Waals surface area contributed by atoms with Crippen LogP contribution in [-0.4, -0.2) is 30.6 Å². The van der Waals surface area contributed by atoms with Crippen molar-refractivity contribution in [2.45, 2.75) is 25.9 Å². The number of ether oxygens (including phenoxy) is 2. The molecule has 5 nitrogen and oxygen atoms in total. The summed E-state index contributed by atoms with van der Waals surface area (Å²) in [5, 5.41) is 11.7.